The normalized spacial score (nSPS) is 11.5. The third-order valence-corrected chi connectivity index (χ3v) is 5.24. The van der Waals surface area contributed by atoms with Crippen molar-refractivity contribution in [3.8, 4) is 10.4 Å². The van der Waals surface area contributed by atoms with Gasteiger partial charge in [0.25, 0.3) is 5.56 Å². The molecule has 0 saturated heterocycles. The summed E-state index contributed by atoms with van der Waals surface area (Å²) in [6.07, 6.45) is 3.79. The van der Waals surface area contributed by atoms with E-state index in [1.807, 2.05) is 65.4 Å². The van der Waals surface area contributed by atoms with Gasteiger partial charge in [-0.1, -0.05) is 36.4 Å². The van der Waals surface area contributed by atoms with Gasteiger partial charge in [-0.15, -0.1) is 11.3 Å². The summed E-state index contributed by atoms with van der Waals surface area (Å²) < 4.78 is 0. The molecule has 23 heavy (non-hydrogen) atoms. The number of fused-ring (bicyclic) bond motifs is 1. The van der Waals surface area contributed by atoms with Crippen LogP contribution in [0.2, 0.25) is 0 Å². The summed E-state index contributed by atoms with van der Waals surface area (Å²) in [5, 5.41) is 4.71. The predicted molar refractivity (Wildman–Crippen MR) is 98.9 cm³/mol. The number of nitrogens with zero attached hydrogens (tertiary/aromatic N) is 1. The number of rotatable bonds is 3. The predicted octanol–water partition coefficient (Wildman–Crippen LogP) is 4.88. The highest BCUT2D eigenvalue weighted by atomic mass is 32.1. The number of benzene rings is 1. The summed E-state index contributed by atoms with van der Waals surface area (Å²) in [5.74, 6) is 0.579. The quantitative estimate of drug-likeness (QED) is 0.579. The standard InChI is InChI=1S/C18H12N2OS2/c21-17-14-10-15(13-4-2-1-3-5-13)23-18(14)20-16(19-17)7-6-12-8-9-22-11-12/h1-11H,(H,19,20,21). The lowest BCUT2D eigenvalue weighted by atomic mass is 10.2. The Morgan fingerprint density at radius 3 is 2.74 bits per heavy atom. The number of H-pyrrole nitrogens is 1. The van der Waals surface area contributed by atoms with Crippen molar-refractivity contribution >= 4 is 45.0 Å². The van der Waals surface area contributed by atoms with E-state index in [0.717, 1.165) is 20.8 Å². The van der Waals surface area contributed by atoms with Crippen LogP contribution in [0.1, 0.15) is 11.4 Å². The van der Waals surface area contributed by atoms with Crippen LogP contribution in [-0.4, -0.2) is 9.97 Å². The van der Waals surface area contributed by atoms with Crippen molar-refractivity contribution in [2.75, 3.05) is 0 Å². The fourth-order valence-electron chi connectivity index (χ4n) is 2.32. The molecule has 0 bridgehead atoms. The first-order chi connectivity index (χ1) is 11.3. The summed E-state index contributed by atoms with van der Waals surface area (Å²) in [4.78, 5) is 21.5. The number of hydrogen-bond acceptors (Lipinski definition) is 4. The fraction of sp³-hybridized carbons (Fsp3) is 0. The van der Waals surface area contributed by atoms with Gasteiger partial charge in [0, 0.05) is 4.88 Å². The lowest BCUT2D eigenvalue weighted by molar-refractivity contribution is 1.15. The monoisotopic (exact) mass is 336 g/mol. The number of aromatic nitrogens is 2. The molecule has 4 rings (SSSR count). The highest BCUT2D eigenvalue weighted by molar-refractivity contribution is 7.21. The van der Waals surface area contributed by atoms with Gasteiger partial charge in [-0.3, -0.25) is 4.79 Å². The maximum absolute atomic E-state index is 12.3. The second-order valence-electron chi connectivity index (χ2n) is 5.04. The van der Waals surface area contributed by atoms with Gasteiger partial charge in [0.2, 0.25) is 0 Å². The molecule has 4 aromatic rings. The third-order valence-electron chi connectivity index (χ3n) is 3.46. The number of thiophene rings is 2. The van der Waals surface area contributed by atoms with Crippen LogP contribution in [0.4, 0.5) is 0 Å². The summed E-state index contributed by atoms with van der Waals surface area (Å²) in [7, 11) is 0. The largest absolute Gasteiger partial charge is 0.306 e. The van der Waals surface area contributed by atoms with Crippen molar-refractivity contribution in [3.05, 3.63) is 75.0 Å². The second kappa shape index (κ2) is 5.95. The molecule has 3 heterocycles. The van der Waals surface area contributed by atoms with Crippen molar-refractivity contribution in [3.63, 3.8) is 0 Å². The van der Waals surface area contributed by atoms with Crippen LogP contribution < -0.4 is 5.56 Å². The molecule has 0 saturated carbocycles. The third kappa shape index (κ3) is 2.88. The number of hydrogen-bond donors (Lipinski definition) is 1. The molecule has 0 aliphatic heterocycles. The molecule has 3 aromatic heterocycles. The zero-order valence-electron chi connectivity index (χ0n) is 12.0. The van der Waals surface area contributed by atoms with Crippen LogP contribution in [0.5, 0.6) is 0 Å². The van der Waals surface area contributed by atoms with Crippen molar-refractivity contribution in [2.24, 2.45) is 0 Å². The van der Waals surface area contributed by atoms with E-state index >= 15 is 0 Å². The Morgan fingerprint density at radius 1 is 1.09 bits per heavy atom. The Kier molecular flexibility index (Phi) is 3.65. The molecule has 0 aliphatic rings. The highest BCUT2D eigenvalue weighted by Gasteiger charge is 2.09. The van der Waals surface area contributed by atoms with E-state index in [4.69, 9.17) is 0 Å². The summed E-state index contributed by atoms with van der Waals surface area (Å²) in [6.45, 7) is 0. The van der Waals surface area contributed by atoms with Crippen molar-refractivity contribution in [1.82, 2.24) is 9.97 Å². The molecule has 0 aliphatic carbocycles. The fourth-order valence-corrected chi connectivity index (χ4v) is 3.99. The minimum atomic E-state index is -0.0987. The molecule has 0 amide bonds. The maximum atomic E-state index is 12.3. The molecule has 0 atom stereocenters. The van der Waals surface area contributed by atoms with Crippen LogP contribution in [0.15, 0.2) is 58.0 Å². The number of nitrogens with one attached hydrogen (secondary N) is 1. The Morgan fingerprint density at radius 2 is 1.96 bits per heavy atom. The first-order valence-corrected chi connectivity index (χ1v) is 8.85. The van der Waals surface area contributed by atoms with E-state index in [1.54, 1.807) is 11.3 Å². The molecule has 3 nitrogen and oxygen atoms in total. The smallest absolute Gasteiger partial charge is 0.259 e. The lowest BCUT2D eigenvalue weighted by Gasteiger charge is -1.93. The van der Waals surface area contributed by atoms with Gasteiger partial charge >= 0.3 is 0 Å². The molecule has 0 fully saturated rings. The molecule has 1 aromatic carbocycles. The zero-order chi connectivity index (χ0) is 15.6. The van der Waals surface area contributed by atoms with Gasteiger partial charge < -0.3 is 4.98 Å². The van der Waals surface area contributed by atoms with Gasteiger partial charge in [0.1, 0.15) is 10.7 Å². The average molecular weight is 336 g/mol. The first kappa shape index (κ1) is 14.1. The topological polar surface area (TPSA) is 45.8 Å². The van der Waals surface area contributed by atoms with E-state index in [9.17, 15) is 4.79 Å². The van der Waals surface area contributed by atoms with Crippen molar-refractivity contribution in [2.45, 2.75) is 0 Å². The van der Waals surface area contributed by atoms with Crippen molar-refractivity contribution < 1.29 is 0 Å². The van der Waals surface area contributed by atoms with Gasteiger partial charge in [-0.25, -0.2) is 4.98 Å². The minimum Gasteiger partial charge on any atom is -0.306 e. The minimum absolute atomic E-state index is 0.0987. The Hall–Kier alpha value is -2.50. The summed E-state index contributed by atoms with van der Waals surface area (Å²) >= 11 is 3.18. The average Bonchev–Trinajstić information content (AvgIpc) is 3.23. The second-order valence-corrected chi connectivity index (χ2v) is 6.85. The molecular weight excluding hydrogens is 324 g/mol. The van der Waals surface area contributed by atoms with Gasteiger partial charge in [-0.05, 0) is 40.1 Å². The van der Waals surface area contributed by atoms with E-state index in [-0.39, 0.29) is 5.56 Å². The Balaban J connectivity index is 1.77. The molecule has 0 unspecified atom stereocenters. The summed E-state index contributed by atoms with van der Waals surface area (Å²) in [6, 6.07) is 14.0. The van der Waals surface area contributed by atoms with Crippen LogP contribution in [0.3, 0.4) is 0 Å². The van der Waals surface area contributed by atoms with E-state index < -0.39 is 0 Å². The molecule has 0 radical (unpaired) electrons. The molecule has 0 spiro atoms. The van der Waals surface area contributed by atoms with Crippen LogP contribution in [0, 0.1) is 0 Å². The zero-order valence-corrected chi connectivity index (χ0v) is 13.7. The molecular formula is C18H12N2OS2. The summed E-state index contributed by atoms with van der Waals surface area (Å²) in [5.41, 5.74) is 2.11. The van der Waals surface area contributed by atoms with Crippen LogP contribution in [-0.2, 0) is 0 Å². The molecule has 1 N–H and O–H groups in total. The van der Waals surface area contributed by atoms with Gasteiger partial charge in [0.05, 0.1) is 5.39 Å². The Labute approximate surface area is 140 Å². The van der Waals surface area contributed by atoms with E-state index in [0.29, 0.717) is 11.2 Å². The SMILES string of the molecule is O=c1[nH]c(C=Cc2ccsc2)nc2sc(-c3ccccc3)cc12. The maximum Gasteiger partial charge on any atom is 0.259 e. The first-order valence-electron chi connectivity index (χ1n) is 7.09. The lowest BCUT2D eigenvalue weighted by Crippen LogP contribution is -2.07. The molecule has 5 heteroatoms. The van der Waals surface area contributed by atoms with E-state index in [2.05, 4.69) is 9.97 Å². The van der Waals surface area contributed by atoms with Crippen LogP contribution in [0.25, 0.3) is 32.8 Å². The number of aromatic amines is 1. The van der Waals surface area contributed by atoms with Gasteiger partial charge in [-0.2, -0.15) is 11.3 Å². The van der Waals surface area contributed by atoms with Crippen LogP contribution >= 0.6 is 22.7 Å². The van der Waals surface area contributed by atoms with Gasteiger partial charge in [0.15, 0.2) is 0 Å². The Bertz CT molecular complexity index is 1030. The molecule has 112 valence electrons. The highest BCUT2D eigenvalue weighted by Crippen LogP contribution is 2.30. The van der Waals surface area contributed by atoms with E-state index in [1.165, 1.54) is 11.3 Å². The van der Waals surface area contributed by atoms with Crippen molar-refractivity contribution in [1.29, 1.82) is 0 Å².